The molecule has 0 N–H and O–H groups in total. The highest BCUT2D eigenvalue weighted by atomic mass is 16.5. The van der Waals surface area contributed by atoms with Crippen LogP contribution in [-0.4, -0.2) is 74.9 Å². The Morgan fingerprint density at radius 2 is 1.91 bits per heavy atom. The molecular formula is C16H27N5O. The van der Waals surface area contributed by atoms with Crippen molar-refractivity contribution in [2.45, 2.75) is 12.8 Å². The van der Waals surface area contributed by atoms with E-state index in [4.69, 9.17) is 4.74 Å². The highest BCUT2D eigenvalue weighted by Crippen LogP contribution is 2.19. The summed E-state index contributed by atoms with van der Waals surface area (Å²) in [4.78, 5) is 15.9. The van der Waals surface area contributed by atoms with Gasteiger partial charge in [-0.15, -0.1) is 0 Å². The molecule has 3 heterocycles. The minimum atomic E-state index is 0.780. The van der Waals surface area contributed by atoms with E-state index >= 15 is 0 Å². The average Bonchev–Trinajstić information content (AvgIpc) is 2.56. The summed E-state index contributed by atoms with van der Waals surface area (Å²) >= 11 is 0. The number of hydrogen-bond donors (Lipinski definition) is 0. The van der Waals surface area contributed by atoms with Crippen molar-refractivity contribution in [2.24, 2.45) is 5.92 Å². The third kappa shape index (κ3) is 3.87. The Morgan fingerprint density at radius 1 is 1.18 bits per heavy atom. The van der Waals surface area contributed by atoms with Crippen LogP contribution in [0.15, 0.2) is 12.3 Å². The first-order chi connectivity index (χ1) is 10.7. The Balaban J connectivity index is 1.51. The number of piperazine rings is 1. The molecule has 1 aromatic rings. The van der Waals surface area contributed by atoms with Gasteiger partial charge < -0.3 is 14.5 Å². The van der Waals surface area contributed by atoms with Crippen LogP contribution < -0.4 is 9.80 Å². The lowest BCUT2D eigenvalue weighted by molar-refractivity contribution is 0.0517. The minimum Gasteiger partial charge on any atom is -0.381 e. The number of aromatic nitrogens is 2. The van der Waals surface area contributed by atoms with E-state index in [-0.39, 0.29) is 0 Å². The van der Waals surface area contributed by atoms with Crippen LogP contribution in [0.25, 0.3) is 0 Å². The second kappa shape index (κ2) is 7.24. The zero-order chi connectivity index (χ0) is 15.4. The summed E-state index contributed by atoms with van der Waals surface area (Å²) in [6.45, 7) is 7.46. The zero-order valence-electron chi connectivity index (χ0n) is 13.7. The van der Waals surface area contributed by atoms with E-state index in [1.807, 2.05) is 31.3 Å². The summed E-state index contributed by atoms with van der Waals surface area (Å²) in [6.07, 6.45) is 4.29. The Labute approximate surface area is 133 Å². The van der Waals surface area contributed by atoms with Crippen molar-refractivity contribution in [1.82, 2.24) is 14.9 Å². The van der Waals surface area contributed by atoms with E-state index in [0.29, 0.717) is 0 Å². The lowest BCUT2D eigenvalue weighted by atomic mass is 9.99. The maximum absolute atomic E-state index is 5.45. The highest BCUT2D eigenvalue weighted by Gasteiger charge is 2.22. The van der Waals surface area contributed by atoms with Crippen LogP contribution in [-0.2, 0) is 4.74 Å². The fourth-order valence-corrected chi connectivity index (χ4v) is 3.18. The smallest absolute Gasteiger partial charge is 0.226 e. The van der Waals surface area contributed by atoms with Crippen LogP contribution in [0.1, 0.15) is 12.8 Å². The van der Waals surface area contributed by atoms with Crippen molar-refractivity contribution in [3.8, 4) is 0 Å². The first kappa shape index (κ1) is 15.5. The van der Waals surface area contributed by atoms with Gasteiger partial charge in [0, 0.05) is 66.2 Å². The second-order valence-corrected chi connectivity index (χ2v) is 6.45. The third-order valence-electron chi connectivity index (χ3n) is 4.58. The summed E-state index contributed by atoms with van der Waals surface area (Å²) in [5.41, 5.74) is 0. The van der Waals surface area contributed by atoms with Crippen molar-refractivity contribution in [1.29, 1.82) is 0 Å². The molecule has 122 valence electrons. The van der Waals surface area contributed by atoms with Gasteiger partial charge in [-0.25, -0.2) is 4.98 Å². The van der Waals surface area contributed by atoms with E-state index in [0.717, 1.165) is 57.1 Å². The molecule has 3 rings (SSSR count). The summed E-state index contributed by atoms with van der Waals surface area (Å²) < 4.78 is 5.45. The first-order valence-corrected chi connectivity index (χ1v) is 8.28. The van der Waals surface area contributed by atoms with Gasteiger partial charge in [-0.3, -0.25) is 4.90 Å². The molecule has 6 heteroatoms. The Kier molecular flexibility index (Phi) is 5.10. The van der Waals surface area contributed by atoms with Gasteiger partial charge in [0.15, 0.2) is 0 Å². The SMILES string of the molecule is CN(C)c1nccc(N2CCN(CC3CCOCC3)CC2)n1. The predicted octanol–water partition coefficient (Wildman–Crippen LogP) is 1.09. The lowest BCUT2D eigenvalue weighted by Gasteiger charge is -2.37. The monoisotopic (exact) mass is 305 g/mol. The molecule has 0 amide bonds. The number of rotatable bonds is 4. The number of anilines is 2. The van der Waals surface area contributed by atoms with E-state index < -0.39 is 0 Å². The third-order valence-corrected chi connectivity index (χ3v) is 4.58. The maximum Gasteiger partial charge on any atom is 0.226 e. The molecule has 2 aliphatic heterocycles. The van der Waals surface area contributed by atoms with Crippen molar-refractivity contribution in [2.75, 3.05) is 69.8 Å². The Bertz CT molecular complexity index is 467. The van der Waals surface area contributed by atoms with Crippen LogP contribution in [0.3, 0.4) is 0 Å². The lowest BCUT2D eigenvalue weighted by Crippen LogP contribution is -2.48. The molecule has 0 radical (unpaired) electrons. The first-order valence-electron chi connectivity index (χ1n) is 8.28. The van der Waals surface area contributed by atoms with Crippen LogP contribution in [0.2, 0.25) is 0 Å². The molecular weight excluding hydrogens is 278 g/mol. The van der Waals surface area contributed by atoms with Gasteiger partial charge in [0.1, 0.15) is 5.82 Å². The molecule has 0 bridgehead atoms. The standard InChI is InChI=1S/C16H27N5O/c1-19(2)16-17-6-3-15(18-16)21-9-7-20(8-10-21)13-14-4-11-22-12-5-14/h3,6,14H,4-5,7-13H2,1-2H3. The molecule has 0 unspecified atom stereocenters. The van der Waals surface area contributed by atoms with Crippen molar-refractivity contribution >= 4 is 11.8 Å². The maximum atomic E-state index is 5.45. The number of hydrogen-bond acceptors (Lipinski definition) is 6. The summed E-state index contributed by atoms with van der Waals surface area (Å²) in [7, 11) is 3.95. The highest BCUT2D eigenvalue weighted by molar-refractivity contribution is 5.43. The zero-order valence-corrected chi connectivity index (χ0v) is 13.7. The average molecular weight is 305 g/mol. The molecule has 0 spiro atoms. The molecule has 0 saturated carbocycles. The molecule has 0 atom stereocenters. The predicted molar refractivity (Wildman–Crippen MR) is 88.6 cm³/mol. The van der Waals surface area contributed by atoms with E-state index in [1.54, 1.807) is 0 Å². The molecule has 2 saturated heterocycles. The van der Waals surface area contributed by atoms with E-state index in [1.165, 1.54) is 19.4 Å². The van der Waals surface area contributed by atoms with Crippen molar-refractivity contribution in [3.05, 3.63) is 12.3 Å². The van der Waals surface area contributed by atoms with Gasteiger partial charge in [0.05, 0.1) is 0 Å². The van der Waals surface area contributed by atoms with E-state index in [9.17, 15) is 0 Å². The summed E-state index contributed by atoms with van der Waals surface area (Å²) in [5.74, 6) is 2.64. The Hall–Kier alpha value is -1.40. The van der Waals surface area contributed by atoms with Crippen LogP contribution in [0.4, 0.5) is 11.8 Å². The summed E-state index contributed by atoms with van der Waals surface area (Å²) in [6, 6.07) is 2.02. The summed E-state index contributed by atoms with van der Waals surface area (Å²) in [5, 5.41) is 0. The van der Waals surface area contributed by atoms with Crippen LogP contribution >= 0.6 is 0 Å². The second-order valence-electron chi connectivity index (χ2n) is 6.45. The largest absolute Gasteiger partial charge is 0.381 e. The topological polar surface area (TPSA) is 44.7 Å². The van der Waals surface area contributed by atoms with Gasteiger partial charge in [0.2, 0.25) is 5.95 Å². The molecule has 6 nitrogen and oxygen atoms in total. The molecule has 2 aliphatic rings. The Morgan fingerprint density at radius 3 is 2.59 bits per heavy atom. The normalized spacial score (nSPS) is 21.1. The van der Waals surface area contributed by atoms with E-state index in [2.05, 4.69) is 19.8 Å². The molecule has 22 heavy (non-hydrogen) atoms. The van der Waals surface area contributed by atoms with Crippen LogP contribution in [0.5, 0.6) is 0 Å². The number of nitrogens with zero attached hydrogens (tertiary/aromatic N) is 5. The van der Waals surface area contributed by atoms with Gasteiger partial charge in [-0.2, -0.15) is 4.98 Å². The quantitative estimate of drug-likeness (QED) is 0.830. The molecule has 0 aliphatic carbocycles. The molecule has 0 aromatic carbocycles. The fourth-order valence-electron chi connectivity index (χ4n) is 3.18. The van der Waals surface area contributed by atoms with Gasteiger partial charge in [-0.1, -0.05) is 0 Å². The van der Waals surface area contributed by atoms with Gasteiger partial charge >= 0.3 is 0 Å². The van der Waals surface area contributed by atoms with Gasteiger partial charge in [-0.05, 0) is 24.8 Å². The molecule has 2 fully saturated rings. The minimum absolute atomic E-state index is 0.780. The fraction of sp³-hybridized carbons (Fsp3) is 0.750. The van der Waals surface area contributed by atoms with Crippen molar-refractivity contribution < 1.29 is 4.74 Å². The van der Waals surface area contributed by atoms with Crippen LogP contribution in [0, 0.1) is 5.92 Å². The van der Waals surface area contributed by atoms with Crippen molar-refractivity contribution in [3.63, 3.8) is 0 Å². The van der Waals surface area contributed by atoms with Gasteiger partial charge in [0.25, 0.3) is 0 Å². The number of ether oxygens (including phenoxy) is 1. The molecule has 1 aromatic heterocycles.